The van der Waals surface area contributed by atoms with Crippen molar-refractivity contribution in [2.45, 2.75) is 26.4 Å². The van der Waals surface area contributed by atoms with Gasteiger partial charge < -0.3 is 20.1 Å². The van der Waals surface area contributed by atoms with Gasteiger partial charge in [-0.05, 0) is 38.5 Å². The number of carbonyl (C=O) groups excluding carboxylic acids is 1. The number of benzene rings is 1. The minimum absolute atomic E-state index is 0.0272. The van der Waals surface area contributed by atoms with E-state index in [0.717, 1.165) is 18.7 Å². The molecule has 25 heavy (non-hydrogen) atoms. The van der Waals surface area contributed by atoms with Crippen molar-refractivity contribution in [2.24, 2.45) is 0 Å². The Morgan fingerprint density at radius 3 is 2.80 bits per heavy atom. The number of aromatic nitrogens is 1. The van der Waals surface area contributed by atoms with Gasteiger partial charge in [-0.15, -0.1) is 0 Å². The Labute approximate surface area is 148 Å². The number of anilines is 2. The zero-order chi connectivity index (χ0) is 18.1. The van der Waals surface area contributed by atoms with Crippen molar-refractivity contribution in [3.8, 4) is 5.75 Å². The van der Waals surface area contributed by atoms with Crippen LogP contribution in [0.2, 0.25) is 0 Å². The highest BCUT2D eigenvalue weighted by Gasteiger charge is 2.11. The Morgan fingerprint density at radius 1 is 1.24 bits per heavy atom. The first kappa shape index (κ1) is 18.7. The molecule has 6 nitrogen and oxygen atoms in total. The molecular formula is C19H25N3O3. The van der Waals surface area contributed by atoms with Gasteiger partial charge in [-0.2, -0.15) is 0 Å². The second-order valence-electron chi connectivity index (χ2n) is 5.85. The minimum Gasteiger partial charge on any atom is -0.489 e. The molecule has 1 heterocycles. The molecule has 0 saturated heterocycles. The summed E-state index contributed by atoms with van der Waals surface area (Å²) in [4.78, 5) is 16.7. The zero-order valence-electron chi connectivity index (χ0n) is 14.9. The van der Waals surface area contributed by atoms with Crippen molar-refractivity contribution in [2.75, 3.05) is 30.9 Å². The number of hydrogen-bond donors (Lipinski definition) is 2. The summed E-state index contributed by atoms with van der Waals surface area (Å²) in [5, 5.41) is 6.11. The summed E-state index contributed by atoms with van der Waals surface area (Å²) in [5.41, 5.74) is 1.92. The highest BCUT2D eigenvalue weighted by Crippen LogP contribution is 2.25. The first-order valence-corrected chi connectivity index (χ1v) is 8.35. The number of ether oxygens (including phenoxy) is 2. The van der Waals surface area contributed by atoms with Crippen LogP contribution in [0.25, 0.3) is 0 Å². The summed E-state index contributed by atoms with van der Waals surface area (Å²) in [6.45, 7) is 5.33. The molecule has 0 bridgehead atoms. The number of para-hydroxylation sites is 2. The molecule has 0 radical (unpaired) electrons. The summed E-state index contributed by atoms with van der Waals surface area (Å²) in [6, 6.07) is 9.16. The van der Waals surface area contributed by atoms with Gasteiger partial charge in [0.05, 0.1) is 23.0 Å². The second-order valence-corrected chi connectivity index (χ2v) is 5.85. The molecule has 1 aromatic heterocycles. The van der Waals surface area contributed by atoms with Gasteiger partial charge in [0, 0.05) is 32.7 Å². The lowest BCUT2D eigenvalue weighted by atomic mass is 10.2. The Hall–Kier alpha value is -2.60. The number of methoxy groups -OCH3 is 1. The molecule has 2 aromatic rings. The van der Waals surface area contributed by atoms with Gasteiger partial charge in [0.25, 0.3) is 5.91 Å². The lowest BCUT2D eigenvalue weighted by molar-refractivity contribution is 0.102. The lowest BCUT2D eigenvalue weighted by Gasteiger charge is -2.15. The van der Waals surface area contributed by atoms with Gasteiger partial charge in [0.2, 0.25) is 0 Å². The standard InChI is InChI=1S/C19H25N3O3/c1-14(2)25-18-8-5-4-7-17(18)22-19(23)15-11-16(13-20-12-15)21-9-6-10-24-3/h4-5,7-8,11-14,21H,6,9-10H2,1-3H3,(H,22,23). The molecule has 2 rings (SSSR count). The van der Waals surface area contributed by atoms with Crippen LogP contribution in [-0.4, -0.2) is 37.3 Å². The molecule has 1 amide bonds. The predicted octanol–water partition coefficient (Wildman–Crippen LogP) is 3.57. The second kappa shape index (κ2) is 9.64. The summed E-state index contributed by atoms with van der Waals surface area (Å²) in [6.07, 6.45) is 4.15. The largest absolute Gasteiger partial charge is 0.489 e. The zero-order valence-corrected chi connectivity index (χ0v) is 14.9. The molecule has 2 N–H and O–H groups in total. The van der Waals surface area contributed by atoms with E-state index >= 15 is 0 Å². The van der Waals surface area contributed by atoms with Crippen LogP contribution in [0.4, 0.5) is 11.4 Å². The molecule has 0 unspecified atom stereocenters. The number of amides is 1. The van der Waals surface area contributed by atoms with Crippen LogP contribution in [-0.2, 0) is 4.74 Å². The van der Waals surface area contributed by atoms with Crippen LogP contribution >= 0.6 is 0 Å². The Kier molecular flexibility index (Phi) is 7.22. The van der Waals surface area contributed by atoms with Crippen LogP contribution in [0.3, 0.4) is 0 Å². The van der Waals surface area contributed by atoms with Gasteiger partial charge in [-0.25, -0.2) is 0 Å². The molecule has 134 valence electrons. The van der Waals surface area contributed by atoms with Crippen LogP contribution in [0, 0.1) is 0 Å². The number of pyridine rings is 1. The molecule has 0 aliphatic rings. The van der Waals surface area contributed by atoms with Crippen molar-refractivity contribution < 1.29 is 14.3 Å². The summed E-state index contributed by atoms with van der Waals surface area (Å²) >= 11 is 0. The van der Waals surface area contributed by atoms with Crippen molar-refractivity contribution in [3.05, 3.63) is 48.3 Å². The molecule has 1 aromatic carbocycles. The monoisotopic (exact) mass is 343 g/mol. The van der Waals surface area contributed by atoms with Gasteiger partial charge in [0.1, 0.15) is 5.75 Å². The third-order valence-electron chi connectivity index (χ3n) is 3.35. The Bertz CT molecular complexity index is 689. The summed E-state index contributed by atoms with van der Waals surface area (Å²) in [7, 11) is 1.67. The number of nitrogens with zero attached hydrogens (tertiary/aromatic N) is 1. The topological polar surface area (TPSA) is 72.5 Å². The fourth-order valence-corrected chi connectivity index (χ4v) is 2.23. The van der Waals surface area contributed by atoms with Gasteiger partial charge in [0.15, 0.2) is 0 Å². The molecule has 0 saturated carbocycles. The normalized spacial score (nSPS) is 10.6. The quantitative estimate of drug-likeness (QED) is 0.681. The smallest absolute Gasteiger partial charge is 0.257 e. The van der Waals surface area contributed by atoms with E-state index in [1.165, 1.54) is 0 Å². The maximum absolute atomic E-state index is 12.5. The first-order chi connectivity index (χ1) is 12.1. The molecule has 0 aliphatic heterocycles. The fraction of sp³-hybridized carbons (Fsp3) is 0.368. The maximum Gasteiger partial charge on any atom is 0.257 e. The minimum atomic E-state index is -0.229. The van der Waals surface area contributed by atoms with Crippen molar-refractivity contribution in [1.82, 2.24) is 4.98 Å². The van der Waals surface area contributed by atoms with Gasteiger partial charge in [-0.1, -0.05) is 12.1 Å². The van der Waals surface area contributed by atoms with Crippen LogP contribution in [0.1, 0.15) is 30.6 Å². The van der Waals surface area contributed by atoms with E-state index in [4.69, 9.17) is 9.47 Å². The lowest BCUT2D eigenvalue weighted by Crippen LogP contribution is -2.15. The number of hydrogen-bond acceptors (Lipinski definition) is 5. The third kappa shape index (κ3) is 6.08. The van der Waals surface area contributed by atoms with Gasteiger partial charge >= 0.3 is 0 Å². The van der Waals surface area contributed by atoms with Crippen LogP contribution < -0.4 is 15.4 Å². The molecule has 6 heteroatoms. The highest BCUT2D eigenvalue weighted by atomic mass is 16.5. The van der Waals surface area contributed by atoms with E-state index in [-0.39, 0.29) is 12.0 Å². The van der Waals surface area contributed by atoms with E-state index in [9.17, 15) is 4.79 Å². The summed E-state index contributed by atoms with van der Waals surface area (Å²) in [5.74, 6) is 0.417. The van der Waals surface area contributed by atoms with E-state index in [1.807, 2.05) is 38.1 Å². The average Bonchev–Trinajstić information content (AvgIpc) is 2.60. The van der Waals surface area contributed by atoms with Crippen LogP contribution in [0.15, 0.2) is 42.7 Å². The maximum atomic E-state index is 12.5. The van der Waals surface area contributed by atoms with E-state index in [1.54, 1.807) is 25.6 Å². The van der Waals surface area contributed by atoms with Gasteiger partial charge in [-0.3, -0.25) is 9.78 Å². The average molecular weight is 343 g/mol. The molecule has 0 fully saturated rings. The summed E-state index contributed by atoms with van der Waals surface area (Å²) < 4.78 is 10.7. The molecule has 0 aliphatic carbocycles. The van der Waals surface area contributed by atoms with Crippen molar-refractivity contribution >= 4 is 17.3 Å². The predicted molar refractivity (Wildman–Crippen MR) is 99.4 cm³/mol. The molecule has 0 spiro atoms. The Morgan fingerprint density at radius 2 is 2.04 bits per heavy atom. The number of carbonyl (C=O) groups is 1. The van der Waals surface area contributed by atoms with E-state index < -0.39 is 0 Å². The molecular weight excluding hydrogens is 318 g/mol. The van der Waals surface area contributed by atoms with E-state index in [0.29, 0.717) is 23.6 Å². The van der Waals surface area contributed by atoms with Crippen molar-refractivity contribution in [1.29, 1.82) is 0 Å². The fourth-order valence-electron chi connectivity index (χ4n) is 2.23. The van der Waals surface area contributed by atoms with E-state index in [2.05, 4.69) is 15.6 Å². The molecule has 0 atom stereocenters. The SMILES string of the molecule is COCCCNc1cncc(C(=O)Nc2ccccc2OC(C)C)c1. The highest BCUT2D eigenvalue weighted by molar-refractivity contribution is 6.05. The van der Waals surface area contributed by atoms with Crippen molar-refractivity contribution in [3.63, 3.8) is 0 Å². The van der Waals surface area contributed by atoms with Crippen LogP contribution in [0.5, 0.6) is 5.75 Å². The third-order valence-corrected chi connectivity index (χ3v) is 3.35. The first-order valence-electron chi connectivity index (χ1n) is 8.35. The number of nitrogens with one attached hydrogen (secondary N) is 2. The number of rotatable bonds is 9. The Balaban J connectivity index is 2.04.